The van der Waals surface area contributed by atoms with Gasteiger partial charge in [0, 0.05) is 32.8 Å². The summed E-state index contributed by atoms with van der Waals surface area (Å²) in [6.45, 7) is 0. The molecule has 9 aromatic rings. The van der Waals surface area contributed by atoms with Crippen molar-refractivity contribution in [2.24, 2.45) is 0 Å². The van der Waals surface area contributed by atoms with Crippen molar-refractivity contribution in [2.75, 3.05) is 0 Å². The molecule has 0 unspecified atom stereocenters. The molecule has 0 amide bonds. The zero-order chi connectivity index (χ0) is 32.2. The Morgan fingerprint density at radius 2 is 0.917 bits per heavy atom. The summed E-state index contributed by atoms with van der Waals surface area (Å²) in [6, 6.07) is 59.2. The molecule has 222 valence electrons. The van der Waals surface area contributed by atoms with Crippen molar-refractivity contribution in [1.82, 2.24) is 9.13 Å². The number of nitriles is 2. The van der Waals surface area contributed by atoms with E-state index in [-0.39, 0.29) is 0 Å². The van der Waals surface area contributed by atoms with E-state index in [1.807, 2.05) is 18.2 Å². The highest BCUT2D eigenvalue weighted by atomic mass is 15.0. The van der Waals surface area contributed by atoms with Crippen LogP contribution in [0.3, 0.4) is 0 Å². The van der Waals surface area contributed by atoms with Gasteiger partial charge in [-0.1, -0.05) is 91.0 Å². The van der Waals surface area contributed by atoms with Gasteiger partial charge >= 0.3 is 0 Å². The summed E-state index contributed by atoms with van der Waals surface area (Å²) in [4.78, 5) is 0. The first-order chi connectivity index (χ1) is 23.7. The molecule has 4 nitrogen and oxygen atoms in total. The quantitative estimate of drug-likeness (QED) is 0.199. The van der Waals surface area contributed by atoms with Gasteiger partial charge in [-0.05, 0) is 83.4 Å². The lowest BCUT2D eigenvalue weighted by molar-refractivity contribution is 1.17. The van der Waals surface area contributed by atoms with Crippen LogP contribution in [0.1, 0.15) is 11.1 Å². The van der Waals surface area contributed by atoms with Gasteiger partial charge in [0.25, 0.3) is 0 Å². The molecule has 9 rings (SSSR count). The Hall–Kier alpha value is -6.88. The van der Waals surface area contributed by atoms with Gasteiger partial charge in [0.2, 0.25) is 0 Å². The van der Waals surface area contributed by atoms with Crippen molar-refractivity contribution < 1.29 is 0 Å². The minimum Gasteiger partial charge on any atom is -0.309 e. The molecule has 0 aliphatic heterocycles. The molecule has 0 fully saturated rings. The van der Waals surface area contributed by atoms with Crippen LogP contribution in [0.4, 0.5) is 0 Å². The van der Waals surface area contributed by atoms with Crippen LogP contribution in [0.2, 0.25) is 0 Å². The van der Waals surface area contributed by atoms with Crippen LogP contribution >= 0.6 is 0 Å². The van der Waals surface area contributed by atoms with Gasteiger partial charge in [0.1, 0.15) is 0 Å². The second-order valence-corrected chi connectivity index (χ2v) is 12.0. The summed E-state index contributed by atoms with van der Waals surface area (Å²) in [7, 11) is 0. The lowest BCUT2D eigenvalue weighted by atomic mass is 9.95. The number of aromatic nitrogens is 2. The van der Waals surface area contributed by atoms with Crippen molar-refractivity contribution >= 4 is 43.6 Å². The summed E-state index contributed by atoms with van der Waals surface area (Å²) < 4.78 is 4.73. The van der Waals surface area contributed by atoms with Gasteiger partial charge in [-0.3, -0.25) is 0 Å². The highest BCUT2D eigenvalue weighted by Crippen LogP contribution is 2.40. The van der Waals surface area contributed by atoms with E-state index in [1.165, 1.54) is 32.6 Å². The first-order valence-corrected chi connectivity index (χ1v) is 15.9. The second-order valence-electron chi connectivity index (χ2n) is 12.0. The third-order valence-corrected chi connectivity index (χ3v) is 9.34. The molecule has 0 bridgehead atoms. The van der Waals surface area contributed by atoms with Gasteiger partial charge < -0.3 is 9.13 Å². The topological polar surface area (TPSA) is 57.4 Å². The van der Waals surface area contributed by atoms with Gasteiger partial charge in [-0.2, -0.15) is 10.5 Å². The molecular formula is C44H26N4. The zero-order valence-electron chi connectivity index (χ0n) is 25.8. The van der Waals surface area contributed by atoms with E-state index in [1.54, 1.807) is 6.07 Å². The number of fused-ring (bicyclic) bond motifs is 6. The monoisotopic (exact) mass is 610 g/mol. The molecule has 0 aliphatic carbocycles. The number of para-hydroxylation sites is 3. The molecule has 0 N–H and O–H groups in total. The molecule has 2 heterocycles. The highest BCUT2D eigenvalue weighted by Gasteiger charge is 2.19. The summed E-state index contributed by atoms with van der Waals surface area (Å²) in [5, 5.41) is 24.1. The van der Waals surface area contributed by atoms with Crippen LogP contribution in [0.25, 0.3) is 77.2 Å². The first-order valence-electron chi connectivity index (χ1n) is 15.9. The maximum absolute atomic E-state index is 9.65. The van der Waals surface area contributed by atoms with Crippen molar-refractivity contribution in [3.63, 3.8) is 0 Å². The Labute approximate surface area is 277 Å². The largest absolute Gasteiger partial charge is 0.309 e. The fourth-order valence-corrected chi connectivity index (χ4v) is 7.24. The maximum atomic E-state index is 9.65. The Bertz CT molecular complexity index is 2720. The Balaban J connectivity index is 1.31. The number of rotatable bonds is 4. The predicted octanol–water partition coefficient (Wildman–Crippen LogP) is 11.0. The fourth-order valence-electron chi connectivity index (χ4n) is 7.24. The summed E-state index contributed by atoms with van der Waals surface area (Å²) in [5.74, 6) is 0. The van der Waals surface area contributed by atoms with E-state index in [4.69, 9.17) is 0 Å². The Kier molecular flexibility index (Phi) is 6.22. The fraction of sp³-hybridized carbons (Fsp3) is 0. The van der Waals surface area contributed by atoms with Gasteiger partial charge in [-0.25, -0.2) is 0 Å². The second kappa shape index (κ2) is 10.9. The molecule has 0 saturated heterocycles. The standard InChI is InChI=1S/C44H26N4/c45-27-29-22-30(28-46)24-33(23-29)32-18-20-43(38(25-32)31-10-2-1-3-11-31)48-42-17-9-6-14-37(42)39-26-34(19-21-44(39)48)47-40-15-7-4-12-35(40)36-13-5-8-16-41(36)47/h1-26H. The number of nitrogens with zero attached hydrogens (tertiary/aromatic N) is 4. The van der Waals surface area contributed by atoms with Crippen LogP contribution in [0.5, 0.6) is 0 Å². The average molecular weight is 611 g/mol. The average Bonchev–Trinajstić information content (AvgIpc) is 3.67. The normalized spacial score (nSPS) is 11.3. The predicted molar refractivity (Wildman–Crippen MR) is 195 cm³/mol. The maximum Gasteiger partial charge on any atom is 0.0992 e. The van der Waals surface area contributed by atoms with Gasteiger partial charge in [0.05, 0.1) is 51.0 Å². The summed E-state index contributed by atoms with van der Waals surface area (Å²) >= 11 is 0. The van der Waals surface area contributed by atoms with Crippen molar-refractivity contribution in [1.29, 1.82) is 10.5 Å². The van der Waals surface area contributed by atoms with Crippen LogP contribution < -0.4 is 0 Å². The third-order valence-electron chi connectivity index (χ3n) is 9.34. The molecule has 4 heteroatoms. The molecule has 0 aliphatic rings. The molecule has 0 radical (unpaired) electrons. The number of benzene rings is 7. The molecule has 0 saturated carbocycles. The third kappa shape index (κ3) is 4.22. The Morgan fingerprint density at radius 1 is 0.375 bits per heavy atom. The zero-order valence-corrected chi connectivity index (χ0v) is 25.8. The van der Waals surface area contributed by atoms with Crippen molar-refractivity contribution in [3.05, 3.63) is 169 Å². The van der Waals surface area contributed by atoms with E-state index < -0.39 is 0 Å². The van der Waals surface area contributed by atoms with Crippen LogP contribution in [0, 0.1) is 22.7 Å². The summed E-state index contributed by atoms with van der Waals surface area (Å²) in [5.41, 5.74) is 11.6. The van der Waals surface area contributed by atoms with Crippen molar-refractivity contribution in [3.8, 4) is 45.8 Å². The van der Waals surface area contributed by atoms with E-state index in [2.05, 4.69) is 155 Å². The number of hydrogen-bond donors (Lipinski definition) is 0. The first kappa shape index (κ1) is 27.4. The van der Waals surface area contributed by atoms with E-state index in [0.717, 1.165) is 44.7 Å². The summed E-state index contributed by atoms with van der Waals surface area (Å²) in [6.07, 6.45) is 0. The highest BCUT2D eigenvalue weighted by molar-refractivity contribution is 6.12. The lowest BCUT2D eigenvalue weighted by Gasteiger charge is -2.16. The lowest BCUT2D eigenvalue weighted by Crippen LogP contribution is -1.99. The smallest absolute Gasteiger partial charge is 0.0992 e. The minimum atomic E-state index is 0.468. The van der Waals surface area contributed by atoms with E-state index in [9.17, 15) is 10.5 Å². The molecular weight excluding hydrogens is 585 g/mol. The molecule has 48 heavy (non-hydrogen) atoms. The molecule has 0 atom stereocenters. The number of hydrogen-bond acceptors (Lipinski definition) is 2. The molecule has 7 aromatic carbocycles. The molecule has 0 spiro atoms. The van der Waals surface area contributed by atoms with Crippen LogP contribution in [-0.4, -0.2) is 9.13 Å². The van der Waals surface area contributed by atoms with Crippen LogP contribution in [0.15, 0.2) is 158 Å². The van der Waals surface area contributed by atoms with E-state index >= 15 is 0 Å². The SMILES string of the molecule is N#Cc1cc(C#N)cc(-c2ccc(-n3c4ccccc4c4cc(-n5c6ccccc6c6ccccc65)ccc43)c(-c3ccccc3)c2)c1. The van der Waals surface area contributed by atoms with Crippen LogP contribution in [-0.2, 0) is 0 Å². The van der Waals surface area contributed by atoms with Gasteiger partial charge in [0.15, 0.2) is 0 Å². The van der Waals surface area contributed by atoms with E-state index in [0.29, 0.717) is 11.1 Å². The Morgan fingerprint density at radius 3 is 1.54 bits per heavy atom. The minimum absolute atomic E-state index is 0.468. The van der Waals surface area contributed by atoms with Gasteiger partial charge in [-0.15, -0.1) is 0 Å². The molecule has 2 aromatic heterocycles. The van der Waals surface area contributed by atoms with Crippen molar-refractivity contribution in [2.45, 2.75) is 0 Å².